The first kappa shape index (κ1) is 14.0. The van der Waals surface area contributed by atoms with E-state index in [0.29, 0.717) is 25.1 Å². The van der Waals surface area contributed by atoms with E-state index < -0.39 is 0 Å². The highest BCUT2D eigenvalue weighted by atomic mass is 16.5. The number of carbonyl (C=O) groups is 1. The van der Waals surface area contributed by atoms with Crippen molar-refractivity contribution in [1.29, 1.82) is 0 Å². The fraction of sp³-hybridized carbons (Fsp3) is 0.800. The van der Waals surface area contributed by atoms with Crippen LogP contribution < -0.4 is 5.32 Å². The maximum absolute atomic E-state index is 12.0. The molecule has 3 rings (SSSR count). The monoisotopic (exact) mass is 280 g/mol. The zero-order valence-corrected chi connectivity index (χ0v) is 12.1. The SMILES string of the molecule is CC1COCCN1C1CC(=O)NC(C2=CCOCC2)C1. The van der Waals surface area contributed by atoms with Crippen LogP contribution in [0.4, 0.5) is 0 Å². The lowest BCUT2D eigenvalue weighted by Gasteiger charge is -2.43. The van der Waals surface area contributed by atoms with Gasteiger partial charge < -0.3 is 14.8 Å². The third kappa shape index (κ3) is 3.05. The highest BCUT2D eigenvalue weighted by Gasteiger charge is 2.35. The molecule has 3 aliphatic rings. The van der Waals surface area contributed by atoms with Crippen molar-refractivity contribution in [2.24, 2.45) is 0 Å². The Morgan fingerprint density at radius 3 is 3.00 bits per heavy atom. The molecule has 0 saturated carbocycles. The molecule has 112 valence electrons. The summed E-state index contributed by atoms with van der Waals surface area (Å²) >= 11 is 0. The largest absolute Gasteiger partial charge is 0.379 e. The molecule has 3 heterocycles. The van der Waals surface area contributed by atoms with Crippen LogP contribution in [0.25, 0.3) is 0 Å². The molecule has 2 fully saturated rings. The van der Waals surface area contributed by atoms with Gasteiger partial charge in [-0.2, -0.15) is 0 Å². The molecule has 5 heteroatoms. The van der Waals surface area contributed by atoms with Gasteiger partial charge in [0, 0.05) is 25.0 Å². The molecular weight excluding hydrogens is 256 g/mol. The minimum atomic E-state index is 0.178. The van der Waals surface area contributed by atoms with E-state index in [1.54, 1.807) is 0 Å². The van der Waals surface area contributed by atoms with Crippen LogP contribution in [0.5, 0.6) is 0 Å². The summed E-state index contributed by atoms with van der Waals surface area (Å²) in [7, 11) is 0. The summed E-state index contributed by atoms with van der Waals surface area (Å²) < 4.78 is 10.9. The average molecular weight is 280 g/mol. The molecule has 1 amide bonds. The predicted molar refractivity (Wildman–Crippen MR) is 75.5 cm³/mol. The Balaban J connectivity index is 1.69. The Hall–Kier alpha value is -0.910. The van der Waals surface area contributed by atoms with Crippen LogP contribution in [0.15, 0.2) is 11.6 Å². The molecule has 2 saturated heterocycles. The molecule has 3 aliphatic heterocycles. The molecule has 3 atom stereocenters. The summed E-state index contributed by atoms with van der Waals surface area (Å²) in [5, 5.41) is 3.15. The molecule has 0 aromatic rings. The molecule has 0 spiro atoms. The maximum Gasteiger partial charge on any atom is 0.222 e. The van der Waals surface area contributed by atoms with Crippen LogP contribution in [0.1, 0.15) is 26.2 Å². The lowest BCUT2D eigenvalue weighted by atomic mass is 9.89. The summed E-state index contributed by atoms with van der Waals surface area (Å²) in [6.07, 6.45) is 4.71. The minimum Gasteiger partial charge on any atom is -0.379 e. The van der Waals surface area contributed by atoms with Crippen molar-refractivity contribution in [3.05, 3.63) is 11.6 Å². The van der Waals surface area contributed by atoms with Crippen molar-refractivity contribution in [2.75, 3.05) is 33.0 Å². The third-order valence-electron chi connectivity index (χ3n) is 4.60. The number of hydrogen-bond donors (Lipinski definition) is 1. The summed E-state index contributed by atoms with van der Waals surface area (Å²) in [6.45, 7) is 6.14. The Labute approximate surface area is 120 Å². The minimum absolute atomic E-state index is 0.178. The number of rotatable bonds is 2. The zero-order valence-electron chi connectivity index (χ0n) is 12.1. The van der Waals surface area contributed by atoms with Gasteiger partial charge in [0.05, 0.1) is 32.5 Å². The number of ether oxygens (including phenoxy) is 2. The van der Waals surface area contributed by atoms with Gasteiger partial charge in [-0.1, -0.05) is 6.08 Å². The highest BCUT2D eigenvalue weighted by molar-refractivity contribution is 5.78. The quantitative estimate of drug-likeness (QED) is 0.757. The van der Waals surface area contributed by atoms with E-state index in [1.807, 2.05) is 0 Å². The van der Waals surface area contributed by atoms with E-state index >= 15 is 0 Å². The van der Waals surface area contributed by atoms with Crippen molar-refractivity contribution >= 4 is 5.91 Å². The van der Waals surface area contributed by atoms with Gasteiger partial charge in [-0.25, -0.2) is 0 Å². The number of nitrogens with zero attached hydrogens (tertiary/aromatic N) is 1. The molecular formula is C15H24N2O3. The second-order valence-corrected chi connectivity index (χ2v) is 5.98. The summed E-state index contributed by atoms with van der Waals surface area (Å²) in [4.78, 5) is 14.5. The van der Waals surface area contributed by atoms with E-state index in [2.05, 4.69) is 23.2 Å². The van der Waals surface area contributed by atoms with E-state index in [9.17, 15) is 4.79 Å². The number of carbonyl (C=O) groups excluding carboxylic acids is 1. The topological polar surface area (TPSA) is 50.8 Å². The van der Waals surface area contributed by atoms with Crippen LogP contribution in [0.3, 0.4) is 0 Å². The number of piperidine rings is 1. The molecule has 0 bridgehead atoms. The van der Waals surface area contributed by atoms with Crippen LogP contribution in [0, 0.1) is 0 Å². The van der Waals surface area contributed by atoms with Crippen LogP contribution in [0.2, 0.25) is 0 Å². The van der Waals surface area contributed by atoms with Crippen molar-refractivity contribution < 1.29 is 14.3 Å². The van der Waals surface area contributed by atoms with Crippen LogP contribution in [-0.4, -0.2) is 61.9 Å². The molecule has 1 N–H and O–H groups in total. The van der Waals surface area contributed by atoms with E-state index in [0.717, 1.165) is 39.2 Å². The van der Waals surface area contributed by atoms with Gasteiger partial charge in [0.15, 0.2) is 0 Å². The van der Waals surface area contributed by atoms with Crippen molar-refractivity contribution in [1.82, 2.24) is 10.2 Å². The Morgan fingerprint density at radius 1 is 1.35 bits per heavy atom. The highest BCUT2D eigenvalue weighted by Crippen LogP contribution is 2.26. The average Bonchev–Trinajstić information content (AvgIpc) is 2.48. The van der Waals surface area contributed by atoms with Crippen molar-refractivity contribution in [3.63, 3.8) is 0 Å². The molecule has 0 aromatic carbocycles. The first-order valence-corrected chi connectivity index (χ1v) is 7.63. The molecule has 5 nitrogen and oxygen atoms in total. The molecule has 3 unspecified atom stereocenters. The summed E-state index contributed by atoms with van der Waals surface area (Å²) in [5.41, 5.74) is 1.34. The molecule has 0 aliphatic carbocycles. The van der Waals surface area contributed by atoms with Crippen LogP contribution >= 0.6 is 0 Å². The first-order chi connectivity index (χ1) is 9.74. The van der Waals surface area contributed by atoms with Gasteiger partial charge in [0.25, 0.3) is 0 Å². The first-order valence-electron chi connectivity index (χ1n) is 7.63. The van der Waals surface area contributed by atoms with E-state index in [-0.39, 0.29) is 11.9 Å². The lowest BCUT2D eigenvalue weighted by Crippen LogP contribution is -2.56. The predicted octanol–water partition coefficient (Wildman–Crippen LogP) is 0.701. The number of hydrogen-bond acceptors (Lipinski definition) is 4. The summed E-state index contributed by atoms with van der Waals surface area (Å²) in [5.74, 6) is 0.178. The fourth-order valence-electron chi connectivity index (χ4n) is 3.52. The molecule has 0 aromatic heterocycles. The number of amides is 1. The number of nitrogens with one attached hydrogen (secondary N) is 1. The maximum atomic E-state index is 12.0. The van der Waals surface area contributed by atoms with Gasteiger partial charge in [-0.3, -0.25) is 9.69 Å². The Bertz CT molecular complexity index is 397. The summed E-state index contributed by atoms with van der Waals surface area (Å²) in [6, 6.07) is 0.945. The standard InChI is InChI=1S/C15H24N2O3/c1-11-10-20-7-4-17(11)13-8-14(16-15(18)9-13)12-2-5-19-6-3-12/h2,11,13-14H,3-10H2,1H3,(H,16,18). The van der Waals surface area contributed by atoms with Crippen molar-refractivity contribution in [2.45, 2.75) is 44.3 Å². The van der Waals surface area contributed by atoms with Gasteiger partial charge in [0.1, 0.15) is 0 Å². The zero-order chi connectivity index (χ0) is 13.9. The second kappa shape index (κ2) is 6.24. The normalized spacial score (nSPS) is 36.4. The smallest absolute Gasteiger partial charge is 0.222 e. The van der Waals surface area contributed by atoms with Gasteiger partial charge in [-0.15, -0.1) is 0 Å². The number of morpholine rings is 1. The van der Waals surface area contributed by atoms with Crippen LogP contribution in [-0.2, 0) is 14.3 Å². The molecule has 0 radical (unpaired) electrons. The fourth-order valence-corrected chi connectivity index (χ4v) is 3.52. The van der Waals surface area contributed by atoms with E-state index in [1.165, 1.54) is 5.57 Å². The Kier molecular flexibility index (Phi) is 4.38. The Morgan fingerprint density at radius 2 is 2.25 bits per heavy atom. The van der Waals surface area contributed by atoms with Gasteiger partial charge in [0.2, 0.25) is 5.91 Å². The second-order valence-electron chi connectivity index (χ2n) is 5.98. The molecule has 20 heavy (non-hydrogen) atoms. The van der Waals surface area contributed by atoms with Gasteiger partial charge >= 0.3 is 0 Å². The third-order valence-corrected chi connectivity index (χ3v) is 4.60. The van der Waals surface area contributed by atoms with Gasteiger partial charge in [-0.05, 0) is 25.3 Å². The van der Waals surface area contributed by atoms with E-state index in [4.69, 9.17) is 9.47 Å². The lowest BCUT2D eigenvalue weighted by molar-refractivity contribution is -0.126. The van der Waals surface area contributed by atoms with Crippen molar-refractivity contribution in [3.8, 4) is 0 Å².